The van der Waals surface area contributed by atoms with Crippen LogP contribution in [0.3, 0.4) is 0 Å². The first-order valence-corrected chi connectivity index (χ1v) is 6.29. The number of nitrogens with two attached hydrogens (primary N) is 1. The fraction of sp³-hybridized carbons (Fsp3) is 0.286. The summed E-state index contributed by atoms with van der Waals surface area (Å²) in [5.41, 5.74) is 7.40. The molecule has 0 aliphatic carbocycles. The summed E-state index contributed by atoms with van der Waals surface area (Å²) in [7, 11) is 1.72. The van der Waals surface area contributed by atoms with Gasteiger partial charge in [-0.2, -0.15) is 5.10 Å². The molecule has 100 valence electrons. The van der Waals surface area contributed by atoms with Crippen molar-refractivity contribution in [2.75, 3.05) is 17.7 Å². The van der Waals surface area contributed by atoms with E-state index in [1.54, 1.807) is 22.8 Å². The molecule has 0 fully saturated rings. The number of carbonyl (C=O) groups is 1. The molecule has 0 aliphatic heterocycles. The molecule has 2 rings (SSSR count). The third kappa shape index (κ3) is 2.76. The van der Waals surface area contributed by atoms with E-state index < -0.39 is 0 Å². The van der Waals surface area contributed by atoms with E-state index in [-0.39, 0.29) is 5.91 Å². The molecule has 0 spiro atoms. The second-order valence-corrected chi connectivity index (χ2v) is 4.40. The van der Waals surface area contributed by atoms with E-state index >= 15 is 0 Å². The maximum absolute atomic E-state index is 12.4. The zero-order valence-electron chi connectivity index (χ0n) is 11.2. The lowest BCUT2D eigenvalue weighted by Gasteiger charge is -2.16. The van der Waals surface area contributed by atoms with Gasteiger partial charge in [-0.25, -0.2) is 0 Å². The number of benzene rings is 1. The lowest BCUT2D eigenvalue weighted by molar-refractivity contribution is 0.0988. The van der Waals surface area contributed by atoms with Crippen LogP contribution < -0.4 is 10.6 Å². The van der Waals surface area contributed by atoms with Crippen LogP contribution in [0.1, 0.15) is 23.8 Å². The van der Waals surface area contributed by atoms with E-state index in [1.807, 2.05) is 30.3 Å². The maximum atomic E-state index is 12.4. The largest absolute Gasteiger partial charge is 0.396 e. The Morgan fingerprint density at radius 3 is 2.68 bits per heavy atom. The molecule has 1 aromatic heterocycles. The van der Waals surface area contributed by atoms with Crippen molar-refractivity contribution in [3.63, 3.8) is 0 Å². The zero-order valence-corrected chi connectivity index (χ0v) is 11.2. The Hall–Kier alpha value is -2.30. The van der Waals surface area contributed by atoms with Crippen LogP contribution in [0.4, 0.5) is 11.4 Å². The first-order chi connectivity index (χ1) is 9.13. The fourth-order valence-electron chi connectivity index (χ4n) is 1.87. The average molecular weight is 258 g/mol. The zero-order chi connectivity index (χ0) is 13.8. The highest BCUT2D eigenvalue weighted by Crippen LogP contribution is 2.17. The van der Waals surface area contributed by atoms with E-state index in [0.717, 1.165) is 18.7 Å². The lowest BCUT2D eigenvalue weighted by Crippen LogP contribution is -2.27. The summed E-state index contributed by atoms with van der Waals surface area (Å²) in [4.78, 5) is 13.9. The Morgan fingerprint density at radius 1 is 1.37 bits per heavy atom. The summed E-state index contributed by atoms with van der Waals surface area (Å²) in [6, 6.07) is 9.43. The monoisotopic (exact) mass is 258 g/mol. The minimum atomic E-state index is -0.196. The van der Waals surface area contributed by atoms with Gasteiger partial charge in [0.1, 0.15) is 0 Å². The number of aromatic nitrogens is 2. The van der Waals surface area contributed by atoms with Crippen molar-refractivity contribution in [3.05, 3.63) is 42.2 Å². The summed E-state index contributed by atoms with van der Waals surface area (Å²) in [6.45, 7) is 2.81. The first-order valence-electron chi connectivity index (χ1n) is 6.29. The van der Waals surface area contributed by atoms with Gasteiger partial charge in [0.05, 0.1) is 5.69 Å². The van der Waals surface area contributed by atoms with Crippen LogP contribution in [0.2, 0.25) is 0 Å². The lowest BCUT2D eigenvalue weighted by atomic mass is 10.2. The highest BCUT2D eigenvalue weighted by molar-refractivity contribution is 6.07. The van der Waals surface area contributed by atoms with Crippen LogP contribution in [0.5, 0.6) is 0 Å². The van der Waals surface area contributed by atoms with Crippen LogP contribution in [0.25, 0.3) is 0 Å². The summed E-state index contributed by atoms with van der Waals surface area (Å²) >= 11 is 0. The molecule has 1 amide bonds. The van der Waals surface area contributed by atoms with E-state index in [0.29, 0.717) is 11.4 Å². The third-order valence-corrected chi connectivity index (χ3v) is 2.89. The summed E-state index contributed by atoms with van der Waals surface area (Å²) in [5, 5.41) is 4.25. The standard InChI is InChI=1S/C14H18N4O/c1-3-9-18-10-12(15)13(16-18)14(19)17(2)11-7-5-4-6-8-11/h4-8,10H,3,9,15H2,1-2H3. The molecular formula is C14H18N4O. The summed E-state index contributed by atoms with van der Waals surface area (Å²) in [6.07, 6.45) is 2.65. The second kappa shape index (κ2) is 5.56. The molecular weight excluding hydrogens is 240 g/mol. The number of nitrogen functional groups attached to an aromatic ring is 1. The SMILES string of the molecule is CCCn1cc(N)c(C(=O)N(C)c2ccccc2)n1. The fourth-order valence-corrected chi connectivity index (χ4v) is 1.87. The van der Waals surface area contributed by atoms with Gasteiger partial charge < -0.3 is 10.6 Å². The Morgan fingerprint density at radius 2 is 2.05 bits per heavy atom. The molecule has 0 saturated carbocycles. The molecule has 1 aromatic carbocycles. The molecule has 0 bridgehead atoms. The van der Waals surface area contributed by atoms with Gasteiger partial charge in [0.15, 0.2) is 5.69 Å². The van der Waals surface area contributed by atoms with Crippen molar-refractivity contribution < 1.29 is 4.79 Å². The topological polar surface area (TPSA) is 64.2 Å². The van der Waals surface area contributed by atoms with Crippen molar-refractivity contribution in [2.45, 2.75) is 19.9 Å². The van der Waals surface area contributed by atoms with Crippen molar-refractivity contribution in [2.24, 2.45) is 0 Å². The Labute approximate surface area is 112 Å². The molecule has 5 heteroatoms. The van der Waals surface area contributed by atoms with Crippen molar-refractivity contribution in [1.82, 2.24) is 9.78 Å². The van der Waals surface area contributed by atoms with Gasteiger partial charge in [0.25, 0.3) is 5.91 Å². The third-order valence-electron chi connectivity index (χ3n) is 2.89. The highest BCUT2D eigenvalue weighted by atomic mass is 16.2. The van der Waals surface area contributed by atoms with E-state index in [9.17, 15) is 4.79 Å². The predicted molar refractivity (Wildman–Crippen MR) is 76.1 cm³/mol. The van der Waals surface area contributed by atoms with E-state index in [2.05, 4.69) is 12.0 Å². The van der Waals surface area contributed by atoms with Crippen LogP contribution in [0, 0.1) is 0 Å². The van der Waals surface area contributed by atoms with Gasteiger partial charge >= 0.3 is 0 Å². The van der Waals surface area contributed by atoms with Gasteiger partial charge in [-0.15, -0.1) is 0 Å². The number of hydrogen-bond donors (Lipinski definition) is 1. The minimum absolute atomic E-state index is 0.196. The molecule has 0 aliphatic rings. The molecule has 19 heavy (non-hydrogen) atoms. The molecule has 0 saturated heterocycles. The number of carbonyl (C=O) groups excluding carboxylic acids is 1. The van der Waals surface area contributed by atoms with Gasteiger partial charge in [0.2, 0.25) is 0 Å². The molecule has 2 aromatic rings. The van der Waals surface area contributed by atoms with Gasteiger partial charge in [-0.3, -0.25) is 9.48 Å². The molecule has 1 heterocycles. The molecule has 2 N–H and O–H groups in total. The number of para-hydroxylation sites is 1. The number of nitrogens with zero attached hydrogens (tertiary/aromatic N) is 3. The van der Waals surface area contributed by atoms with Gasteiger partial charge in [0, 0.05) is 25.5 Å². The number of rotatable bonds is 4. The van der Waals surface area contributed by atoms with Gasteiger partial charge in [-0.05, 0) is 18.6 Å². The molecule has 0 unspecified atom stereocenters. The van der Waals surface area contributed by atoms with Crippen molar-refractivity contribution in [1.29, 1.82) is 0 Å². The average Bonchev–Trinajstić information content (AvgIpc) is 2.79. The van der Waals surface area contributed by atoms with Crippen LogP contribution >= 0.6 is 0 Å². The normalized spacial score (nSPS) is 10.4. The van der Waals surface area contributed by atoms with E-state index in [4.69, 9.17) is 5.73 Å². The van der Waals surface area contributed by atoms with Crippen LogP contribution in [-0.2, 0) is 6.54 Å². The Kier molecular flexibility index (Phi) is 3.85. The van der Waals surface area contributed by atoms with Crippen LogP contribution in [-0.4, -0.2) is 22.7 Å². The summed E-state index contributed by atoms with van der Waals surface area (Å²) < 4.78 is 1.71. The quantitative estimate of drug-likeness (QED) is 0.914. The van der Waals surface area contributed by atoms with Gasteiger partial charge in [-0.1, -0.05) is 25.1 Å². The second-order valence-electron chi connectivity index (χ2n) is 4.40. The smallest absolute Gasteiger partial charge is 0.280 e. The number of aryl methyl sites for hydroxylation is 1. The Balaban J connectivity index is 2.24. The predicted octanol–water partition coefficient (Wildman–Crippen LogP) is 2.15. The highest BCUT2D eigenvalue weighted by Gasteiger charge is 2.19. The van der Waals surface area contributed by atoms with Crippen molar-refractivity contribution in [3.8, 4) is 0 Å². The maximum Gasteiger partial charge on any atom is 0.280 e. The Bertz CT molecular complexity index is 562. The molecule has 0 atom stereocenters. The summed E-state index contributed by atoms with van der Waals surface area (Å²) in [5.74, 6) is -0.196. The van der Waals surface area contributed by atoms with Crippen LogP contribution in [0.15, 0.2) is 36.5 Å². The minimum Gasteiger partial charge on any atom is -0.396 e. The number of amides is 1. The molecule has 5 nitrogen and oxygen atoms in total. The number of anilines is 2. The van der Waals surface area contributed by atoms with E-state index in [1.165, 1.54) is 0 Å². The number of hydrogen-bond acceptors (Lipinski definition) is 3. The molecule has 0 radical (unpaired) electrons. The van der Waals surface area contributed by atoms with Crippen molar-refractivity contribution >= 4 is 17.3 Å². The first kappa shape index (κ1) is 13.1.